The van der Waals surface area contributed by atoms with Gasteiger partial charge in [-0.3, -0.25) is 0 Å². The molecule has 0 amide bonds. The Kier molecular flexibility index (Phi) is 3.88. The summed E-state index contributed by atoms with van der Waals surface area (Å²) in [7, 11) is 2.00. The largest absolute Gasteiger partial charge is 0.313 e. The average Bonchev–Trinajstić information content (AvgIpc) is 2.45. The Balaban J connectivity index is 1.85. The summed E-state index contributed by atoms with van der Waals surface area (Å²) in [6, 6.07) is 18.4. The van der Waals surface area contributed by atoms with E-state index in [2.05, 4.69) is 60.8 Å². The molecule has 1 aliphatic rings. The van der Waals surface area contributed by atoms with Crippen LogP contribution in [0.2, 0.25) is 0 Å². The Labute approximate surface area is 122 Å². The van der Waals surface area contributed by atoms with Crippen LogP contribution in [0.25, 0.3) is 11.1 Å². The fourth-order valence-electron chi connectivity index (χ4n) is 2.84. The Morgan fingerprint density at radius 1 is 1.00 bits per heavy atom. The standard InChI is InChI=1S/C19H23N/c1-14(20-2)15-9-11-17(12-10-15)19-8-4-7-18(13-19)16-5-3-6-16/h4,7-14,16,20H,3,5-6H2,1-2H3. The molecule has 1 N–H and O–H groups in total. The van der Waals surface area contributed by atoms with Crippen LogP contribution in [0.4, 0.5) is 0 Å². The first kappa shape index (κ1) is 13.4. The minimum atomic E-state index is 0.408. The summed E-state index contributed by atoms with van der Waals surface area (Å²) in [5.41, 5.74) is 5.52. The summed E-state index contributed by atoms with van der Waals surface area (Å²) in [5, 5.41) is 3.28. The first-order valence-electron chi connectivity index (χ1n) is 7.65. The van der Waals surface area contributed by atoms with Gasteiger partial charge in [0.2, 0.25) is 0 Å². The van der Waals surface area contributed by atoms with Crippen LogP contribution in [0, 0.1) is 0 Å². The molecule has 0 spiro atoms. The third kappa shape index (κ3) is 2.64. The number of hydrogen-bond donors (Lipinski definition) is 1. The summed E-state index contributed by atoms with van der Waals surface area (Å²) in [5.74, 6) is 0.804. The summed E-state index contributed by atoms with van der Waals surface area (Å²) in [6.07, 6.45) is 4.12. The highest BCUT2D eigenvalue weighted by Gasteiger charge is 2.19. The van der Waals surface area contributed by atoms with E-state index in [4.69, 9.17) is 0 Å². The van der Waals surface area contributed by atoms with E-state index in [1.54, 1.807) is 0 Å². The van der Waals surface area contributed by atoms with Gasteiger partial charge in [-0.1, -0.05) is 55.0 Å². The lowest BCUT2D eigenvalue weighted by molar-refractivity contribution is 0.420. The first-order valence-corrected chi connectivity index (χ1v) is 7.65. The van der Waals surface area contributed by atoms with Crippen LogP contribution in [0.5, 0.6) is 0 Å². The second-order valence-corrected chi connectivity index (χ2v) is 5.89. The molecule has 1 atom stereocenters. The van der Waals surface area contributed by atoms with E-state index in [0.717, 1.165) is 5.92 Å². The average molecular weight is 265 g/mol. The zero-order valence-corrected chi connectivity index (χ0v) is 12.4. The molecule has 0 heterocycles. The molecule has 2 aromatic carbocycles. The fourth-order valence-corrected chi connectivity index (χ4v) is 2.84. The van der Waals surface area contributed by atoms with Crippen molar-refractivity contribution in [2.75, 3.05) is 7.05 Å². The number of nitrogens with one attached hydrogen (secondary N) is 1. The van der Waals surface area contributed by atoms with Crippen LogP contribution in [0.3, 0.4) is 0 Å². The van der Waals surface area contributed by atoms with Crippen molar-refractivity contribution < 1.29 is 0 Å². The molecule has 0 aromatic heterocycles. The molecule has 0 bridgehead atoms. The normalized spacial score (nSPS) is 16.7. The van der Waals surface area contributed by atoms with Gasteiger partial charge in [-0.2, -0.15) is 0 Å². The quantitative estimate of drug-likeness (QED) is 0.829. The second-order valence-electron chi connectivity index (χ2n) is 5.89. The summed E-state index contributed by atoms with van der Waals surface area (Å²) in [6.45, 7) is 2.19. The van der Waals surface area contributed by atoms with Gasteiger partial charge < -0.3 is 5.32 Å². The van der Waals surface area contributed by atoms with Crippen LogP contribution in [0.15, 0.2) is 48.5 Å². The molecule has 1 heteroatoms. The number of benzene rings is 2. The molecule has 0 radical (unpaired) electrons. The van der Waals surface area contributed by atoms with Crippen molar-refractivity contribution >= 4 is 0 Å². The molecule has 1 saturated carbocycles. The van der Waals surface area contributed by atoms with E-state index in [1.165, 1.54) is 41.5 Å². The van der Waals surface area contributed by atoms with E-state index in [9.17, 15) is 0 Å². The molecule has 1 fully saturated rings. The zero-order chi connectivity index (χ0) is 13.9. The van der Waals surface area contributed by atoms with Gasteiger partial charge in [0.15, 0.2) is 0 Å². The summed E-state index contributed by atoms with van der Waals surface area (Å²) < 4.78 is 0. The maximum absolute atomic E-state index is 3.28. The lowest BCUT2D eigenvalue weighted by Crippen LogP contribution is -2.11. The Hall–Kier alpha value is -1.60. The van der Waals surface area contributed by atoms with Gasteiger partial charge in [0.1, 0.15) is 0 Å². The monoisotopic (exact) mass is 265 g/mol. The topological polar surface area (TPSA) is 12.0 Å². The van der Waals surface area contributed by atoms with Gasteiger partial charge in [0.25, 0.3) is 0 Å². The van der Waals surface area contributed by atoms with Gasteiger partial charge in [-0.15, -0.1) is 0 Å². The summed E-state index contributed by atoms with van der Waals surface area (Å²) in [4.78, 5) is 0. The molecule has 0 aliphatic heterocycles. The van der Waals surface area contributed by atoms with Crippen molar-refractivity contribution in [3.63, 3.8) is 0 Å². The van der Waals surface area contributed by atoms with E-state index in [-0.39, 0.29) is 0 Å². The van der Waals surface area contributed by atoms with E-state index in [0.29, 0.717) is 6.04 Å². The maximum atomic E-state index is 3.28. The lowest BCUT2D eigenvalue weighted by Gasteiger charge is -2.26. The van der Waals surface area contributed by atoms with Crippen LogP contribution < -0.4 is 5.32 Å². The van der Waals surface area contributed by atoms with Gasteiger partial charge in [0.05, 0.1) is 0 Å². The van der Waals surface area contributed by atoms with Crippen molar-refractivity contribution in [1.29, 1.82) is 0 Å². The molecule has 20 heavy (non-hydrogen) atoms. The van der Waals surface area contributed by atoms with Gasteiger partial charge in [-0.05, 0) is 55.0 Å². The van der Waals surface area contributed by atoms with Gasteiger partial charge >= 0.3 is 0 Å². The SMILES string of the molecule is CNC(C)c1ccc(-c2cccc(C3CCC3)c2)cc1. The van der Waals surface area contributed by atoms with Crippen molar-refractivity contribution in [1.82, 2.24) is 5.32 Å². The Bertz CT molecular complexity index is 567. The van der Waals surface area contributed by atoms with Crippen LogP contribution in [-0.4, -0.2) is 7.05 Å². The fraction of sp³-hybridized carbons (Fsp3) is 0.368. The highest BCUT2D eigenvalue weighted by molar-refractivity contribution is 5.64. The minimum Gasteiger partial charge on any atom is -0.313 e. The molecule has 1 nitrogen and oxygen atoms in total. The molecule has 2 aromatic rings. The van der Waals surface area contributed by atoms with Crippen LogP contribution in [0.1, 0.15) is 49.3 Å². The van der Waals surface area contributed by atoms with Crippen molar-refractivity contribution in [2.45, 2.75) is 38.1 Å². The molecule has 3 rings (SSSR count). The molecule has 0 saturated heterocycles. The lowest BCUT2D eigenvalue weighted by atomic mass is 9.79. The predicted molar refractivity (Wildman–Crippen MR) is 85.9 cm³/mol. The Morgan fingerprint density at radius 2 is 1.75 bits per heavy atom. The van der Waals surface area contributed by atoms with E-state index < -0.39 is 0 Å². The summed E-state index contributed by atoms with van der Waals surface area (Å²) >= 11 is 0. The highest BCUT2D eigenvalue weighted by Crippen LogP contribution is 2.37. The van der Waals surface area contributed by atoms with Gasteiger partial charge in [0, 0.05) is 6.04 Å². The van der Waals surface area contributed by atoms with Crippen LogP contribution >= 0.6 is 0 Å². The second kappa shape index (κ2) is 5.80. The van der Waals surface area contributed by atoms with E-state index in [1.807, 2.05) is 7.05 Å². The molecular formula is C19H23N. The third-order valence-electron chi connectivity index (χ3n) is 4.64. The molecule has 1 unspecified atom stereocenters. The first-order chi connectivity index (χ1) is 9.78. The Morgan fingerprint density at radius 3 is 2.35 bits per heavy atom. The van der Waals surface area contributed by atoms with Crippen molar-refractivity contribution in [3.8, 4) is 11.1 Å². The van der Waals surface area contributed by atoms with Gasteiger partial charge in [-0.25, -0.2) is 0 Å². The molecule has 1 aliphatic carbocycles. The number of rotatable bonds is 4. The van der Waals surface area contributed by atoms with Crippen LogP contribution in [-0.2, 0) is 0 Å². The minimum absolute atomic E-state index is 0.408. The molecular weight excluding hydrogens is 242 g/mol. The smallest absolute Gasteiger partial charge is 0.0289 e. The zero-order valence-electron chi connectivity index (χ0n) is 12.4. The molecule has 104 valence electrons. The predicted octanol–water partition coefficient (Wildman–Crippen LogP) is 4.90. The highest BCUT2D eigenvalue weighted by atomic mass is 14.8. The number of hydrogen-bond acceptors (Lipinski definition) is 1. The third-order valence-corrected chi connectivity index (χ3v) is 4.64. The van der Waals surface area contributed by atoms with Crippen molar-refractivity contribution in [2.24, 2.45) is 0 Å². The maximum Gasteiger partial charge on any atom is 0.0289 e. The van der Waals surface area contributed by atoms with E-state index >= 15 is 0 Å². The van der Waals surface area contributed by atoms with Crippen molar-refractivity contribution in [3.05, 3.63) is 59.7 Å².